The lowest BCUT2D eigenvalue weighted by molar-refractivity contribution is 0.193. The van der Waals surface area contributed by atoms with Crippen molar-refractivity contribution < 1.29 is 4.74 Å². The lowest BCUT2D eigenvalue weighted by Crippen LogP contribution is -2.15. The SMILES string of the molecule is CCc1nc(C2CCOC2)nc(CC)c1CCN. The van der Waals surface area contributed by atoms with Gasteiger partial charge in [0.25, 0.3) is 0 Å². The van der Waals surface area contributed by atoms with Crippen LogP contribution in [-0.4, -0.2) is 29.7 Å². The molecule has 0 bridgehead atoms. The fourth-order valence-electron chi connectivity index (χ4n) is 2.54. The number of aromatic nitrogens is 2. The van der Waals surface area contributed by atoms with Gasteiger partial charge in [-0.1, -0.05) is 13.8 Å². The van der Waals surface area contributed by atoms with Crippen molar-refractivity contribution in [3.8, 4) is 0 Å². The van der Waals surface area contributed by atoms with Crippen LogP contribution in [0, 0.1) is 0 Å². The van der Waals surface area contributed by atoms with Crippen LogP contribution in [0.15, 0.2) is 0 Å². The van der Waals surface area contributed by atoms with Crippen LogP contribution in [0.25, 0.3) is 0 Å². The molecule has 1 aromatic rings. The summed E-state index contributed by atoms with van der Waals surface area (Å²) in [5, 5.41) is 0. The molecular formula is C14H23N3O. The molecule has 1 aromatic heterocycles. The largest absolute Gasteiger partial charge is 0.381 e. The molecule has 2 N–H and O–H groups in total. The second-order valence-corrected chi connectivity index (χ2v) is 4.76. The normalized spacial score (nSPS) is 19.4. The highest BCUT2D eigenvalue weighted by Crippen LogP contribution is 2.24. The van der Waals surface area contributed by atoms with Gasteiger partial charge < -0.3 is 10.5 Å². The zero-order valence-electron chi connectivity index (χ0n) is 11.4. The maximum atomic E-state index is 5.69. The summed E-state index contributed by atoms with van der Waals surface area (Å²) < 4.78 is 5.44. The van der Waals surface area contributed by atoms with Crippen molar-refractivity contribution in [1.82, 2.24) is 9.97 Å². The molecular weight excluding hydrogens is 226 g/mol. The summed E-state index contributed by atoms with van der Waals surface area (Å²) >= 11 is 0. The number of hydrogen-bond acceptors (Lipinski definition) is 4. The van der Waals surface area contributed by atoms with Crippen LogP contribution in [0.3, 0.4) is 0 Å². The van der Waals surface area contributed by atoms with Crippen molar-refractivity contribution in [2.75, 3.05) is 19.8 Å². The summed E-state index contributed by atoms with van der Waals surface area (Å²) in [4.78, 5) is 9.51. The average Bonchev–Trinajstić information content (AvgIpc) is 2.93. The first-order valence-corrected chi connectivity index (χ1v) is 6.96. The van der Waals surface area contributed by atoms with E-state index in [1.807, 2.05) is 0 Å². The van der Waals surface area contributed by atoms with Crippen molar-refractivity contribution in [3.63, 3.8) is 0 Å². The second kappa shape index (κ2) is 6.25. The molecule has 2 rings (SSSR count). The molecule has 0 spiro atoms. The molecule has 100 valence electrons. The van der Waals surface area contributed by atoms with Gasteiger partial charge in [0.2, 0.25) is 0 Å². The van der Waals surface area contributed by atoms with Crippen LogP contribution in [0.5, 0.6) is 0 Å². The summed E-state index contributed by atoms with van der Waals surface area (Å²) in [5.74, 6) is 1.36. The van der Waals surface area contributed by atoms with E-state index in [4.69, 9.17) is 20.4 Å². The van der Waals surface area contributed by atoms with Crippen LogP contribution >= 0.6 is 0 Å². The molecule has 1 aliphatic heterocycles. The molecule has 1 unspecified atom stereocenters. The zero-order chi connectivity index (χ0) is 13.0. The van der Waals surface area contributed by atoms with Gasteiger partial charge in [0.15, 0.2) is 0 Å². The Labute approximate surface area is 109 Å². The van der Waals surface area contributed by atoms with Crippen molar-refractivity contribution in [1.29, 1.82) is 0 Å². The fourth-order valence-corrected chi connectivity index (χ4v) is 2.54. The predicted octanol–water partition coefficient (Wildman–Crippen LogP) is 1.61. The summed E-state index contributed by atoms with van der Waals surface area (Å²) in [6, 6.07) is 0. The van der Waals surface area contributed by atoms with E-state index >= 15 is 0 Å². The lowest BCUT2D eigenvalue weighted by atomic mass is 10.0. The van der Waals surface area contributed by atoms with Crippen molar-refractivity contribution in [2.24, 2.45) is 5.73 Å². The van der Waals surface area contributed by atoms with Gasteiger partial charge >= 0.3 is 0 Å². The number of aryl methyl sites for hydroxylation is 2. The van der Waals surface area contributed by atoms with E-state index in [-0.39, 0.29) is 0 Å². The molecule has 4 heteroatoms. The Morgan fingerprint density at radius 2 is 1.89 bits per heavy atom. The summed E-state index contributed by atoms with van der Waals surface area (Å²) in [6.45, 7) is 6.56. The minimum Gasteiger partial charge on any atom is -0.381 e. The van der Waals surface area contributed by atoms with E-state index in [0.717, 1.165) is 44.7 Å². The Morgan fingerprint density at radius 1 is 1.22 bits per heavy atom. The maximum absolute atomic E-state index is 5.69. The third-order valence-electron chi connectivity index (χ3n) is 3.55. The minimum atomic E-state index is 0.382. The van der Waals surface area contributed by atoms with Gasteiger partial charge in [0.1, 0.15) is 5.82 Å². The standard InChI is InChI=1S/C14H23N3O/c1-3-12-11(5-7-15)13(4-2)17-14(16-12)10-6-8-18-9-10/h10H,3-9,15H2,1-2H3. The van der Waals surface area contributed by atoms with Gasteiger partial charge in [0.05, 0.1) is 6.61 Å². The van der Waals surface area contributed by atoms with Gasteiger partial charge in [-0.25, -0.2) is 9.97 Å². The van der Waals surface area contributed by atoms with Crippen LogP contribution in [0.1, 0.15) is 49.0 Å². The molecule has 1 saturated heterocycles. The maximum Gasteiger partial charge on any atom is 0.134 e. The second-order valence-electron chi connectivity index (χ2n) is 4.76. The highest BCUT2D eigenvalue weighted by Gasteiger charge is 2.22. The summed E-state index contributed by atoms with van der Waals surface area (Å²) in [5.41, 5.74) is 9.31. The first-order chi connectivity index (χ1) is 8.80. The molecule has 2 heterocycles. The van der Waals surface area contributed by atoms with E-state index in [2.05, 4.69) is 13.8 Å². The molecule has 0 aliphatic carbocycles. The Kier molecular flexibility index (Phi) is 4.66. The van der Waals surface area contributed by atoms with Gasteiger partial charge in [-0.05, 0) is 37.8 Å². The Balaban J connectivity index is 2.37. The van der Waals surface area contributed by atoms with Crippen LogP contribution in [0.4, 0.5) is 0 Å². The molecule has 0 saturated carbocycles. The van der Waals surface area contributed by atoms with Gasteiger partial charge in [-0.3, -0.25) is 0 Å². The monoisotopic (exact) mass is 249 g/mol. The molecule has 1 atom stereocenters. The quantitative estimate of drug-likeness (QED) is 0.861. The van der Waals surface area contributed by atoms with Gasteiger partial charge in [-0.15, -0.1) is 0 Å². The Hall–Kier alpha value is -1.00. The third kappa shape index (κ3) is 2.70. The molecule has 0 amide bonds. The van der Waals surface area contributed by atoms with Crippen molar-refractivity contribution >= 4 is 0 Å². The number of nitrogens with two attached hydrogens (primary N) is 1. The molecule has 1 aliphatic rings. The molecule has 0 radical (unpaired) electrons. The van der Waals surface area contributed by atoms with E-state index in [1.165, 1.54) is 17.0 Å². The Morgan fingerprint density at radius 3 is 2.33 bits per heavy atom. The smallest absolute Gasteiger partial charge is 0.134 e. The molecule has 4 nitrogen and oxygen atoms in total. The average molecular weight is 249 g/mol. The molecule has 0 aromatic carbocycles. The van der Waals surface area contributed by atoms with Crippen LogP contribution < -0.4 is 5.73 Å². The van der Waals surface area contributed by atoms with E-state index < -0.39 is 0 Å². The number of ether oxygens (including phenoxy) is 1. The molecule has 1 fully saturated rings. The first-order valence-electron chi connectivity index (χ1n) is 6.96. The number of nitrogens with zero attached hydrogens (tertiary/aromatic N) is 2. The zero-order valence-corrected chi connectivity index (χ0v) is 11.4. The highest BCUT2D eigenvalue weighted by molar-refractivity contribution is 5.28. The van der Waals surface area contributed by atoms with Crippen molar-refractivity contribution in [3.05, 3.63) is 22.8 Å². The molecule has 18 heavy (non-hydrogen) atoms. The highest BCUT2D eigenvalue weighted by atomic mass is 16.5. The van der Waals surface area contributed by atoms with E-state index in [9.17, 15) is 0 Å². The third-order valence-corrected chi connectivity index (χ3v) is 3.55. The number of hydrogen-bond donors (Lipinski definition) is 1. The Bertz CT molecular complexity index is 375. The summed E-state index contributed by atoms with van der Waals surface area (Å²) in [6.07, 6.45) is 3.83. The number of rotatable bonds is 5. The summed E-state index contributed by atoms with van der Waals surface area (Å²) in [7, 11) is 0. The predicted molar refractivity (Wildman–Crippen MR) is 71.7 cm³/mol. The topological polar surface area (TPSA) is 61.0 Å². The van der Waals surface area contributed by atoms with Gasteiger partial charge in [0, 0.05) is 23.9 Å². The fraction of sp³-hybridized carbons (Fsp3) is 0.714. The minimum absolute atomic E-state index is 0.382. The lowest BCUT2D eigenvalue weighted by Gasteiger charge is -2.15. The van der Waals surface area contributed by atoms with Crippen LogP contribution in [-0.2, 0) is 24.0 Å². The van der Waals surface area contributed by atoms with Gasteiger partial charge in [-0.2, -0.15) is 0 Å². The first kappa shape index (κ1) is 13.4. The van der Waals surface area contributed by atoms with E-state index in [1.54, 1.807) is 0 Å². The van der Waals surface area contributed by atoms with Crippen LogP contribution in [0.2, 0.25) is 0 Å². The van der Waals surface area contributed by atoms with E-state index in [0.29, 0.717) is 12.5 Å². The van der Waals surface area contributed by atoms with Crippen molar-refractivity contribution in [2.45, 2.75) is 45.4 Å².